The molecule has 0 amide bonds. The van der Waals surface area contributed by atoms with E-state index in [1.165, 1.54) is 0 Å². The number of aryl methyl sites for hydroxylation is 1. The lowest BCUT2D eigenvalue weighted by molar-refractivity contribution is -0.716. The van der Waals surface area contributed by atoms with Crippen LogP contribution in [0.5, 0.6) is 0 Å². The summed E-state index contributed by atoms with van der Waals surface area (Å²) >= 11 is 0. The highest BCUT2D eigenvalue weighted by atomic mass is 32.2. The number of sulfone groups is 2. The lowest BCUT2D eigenvalue weighted by Gasteiger charge is -2.32. The van der Waals surface area contributed by atoms with Crippen molar-refractivity contribution in [3.8, 4) is 0 Å². The van der Waals surface area contributed by atoms with Crippen LogP contribution in [-0.4, -0.2) is 44.2 Å². The number of unbranched alkanes of at least 4 members (excludes halogenated alkanes) is 1. The Bertz CT molecular complexity index is 1360. The fraction of sp³-hybridized carbons (Fsp3) is 0.550. The minimum atomic E-state index is -6.46. The highest BCUT2D eigenvalue weighted by molar-refractivity contribution is 7.95. The summed E-state index contributed by atoms with van der Waals surface area (Å²) in [4.78, 5) is 1.74. The van der Waals surface area contributed by atoms with Gasteiger partial charge in [-0.3, -0.25) is 0 Å². The summed E-state index contributed by atoms with van der Waals surface area (Å²) in [5.41, 5.74) is -12.1. The van der Waals surface area contributed by atoms with Crippen molar-refractivity contribution in [2.45, 2.75) is 66.3 Å². The monoisotopic (exact) mass is 583 g/mol. The average Bonchev–Trinajstić information content (AvgIpc) is 3.06. The zero-order valence-electron chi connectivity index (χ0n) is 19.7. The number of imidazole rings is 1. The molecule has 16 heteroatoms. The Morgan fingerprint density at radius 2 is 1.36 bits per heavy atom. The molecule has 0 saturated carbocycles. The van der Waals surface area contributed by atoms with E-state index in [2.05, 4.69) is 0 Å². The van der Waals surface area contributed by atoms with Crippen molar-refractivity contribution < 1.29 is 52.3 Å². The highest BCUT2D eigenvalue weighted by Gasteiger charge is 2.60. The molecule has 2 aromatic rings. The summed E-state index contributed by atoms with van der Waals surface area (Å²) in [7, 11) is -15.2. The van der Waals surface area contributed by atoms with Crippen LogP contribution in [0.3, 0.4) is 0 Å². The molecule has 1 atom stereocenters. The molecule has 0 fully saturated rings. The number of H-pyrrole nitrogens is 1. The number of rotatable bonds is 8. The van der Waals surface area contributed by atoms with E-state index in [1.54, 1.807) is 56.1 Å². The first kappa shape index (κ1) is 30.4. The second-order valence-corrected chi connectivity index (χ2v) is 16.6. The Hall–Kier alpha value is -1.86. The lowest BCUT2D eigenvalue weighted by atomic mass is 10.2. The number of benzene rings is 1. The van der Waals surface area contributed by atoms with Gasteiger partial charge in [-0.1, -0.05) is 51.1 Å². The van der Waals surface area contributed by atoms with Crippen LogP contribution >= 0.6 is 7.14 Å². The zero-order valence-corrected chi connectivity index (χ0v) is 22.3. The van der Waals surface area contributed by atoms with E-state index < -0.39 is 58.9 Å². The lowest BCUT2D eigenvalue weighted by Crippen LogP contribution is -2.42. The van der Waals surface area contributed by atoms with E-state index in [4.69, 9.17) is 0 Å². The maximum absolute atomic E-state index is 13.8. The Labute approximate surface area is 205 Å². The standard InChI is InChI=1S/C20H25F6N2O5PS2/c1-18(2,3)34(29,14-10-6-5-7-11-14)13-9-8-12-15-27-16(35(30,31)19(21,22)23)17(28(15)4)36(32,33)20(24,25)26/h5-7,10-11H,8-9,12-13H2,1-4H3/p+1. The van der Waals surface area contributed by atoms with Crippen LogP contribution in [0.15, 0.2) is 40.4 Å². The zero-order chi connectivity index (χ0) is 28.0. The summed E-state index contributed by atoms with van der Waals surface area (Å²) in [6.07, 6.45) is 0.138. The minimum Gasteiger partial charge on any atom is -0.318 e. The van der Waals surface area contributed by atoms with Crippen molar-refractivity contribution in [3.63, 3.8) is 0 Å². The number of halogens is 6. The molecule has 0 spiro atoms. The predicted molar refractivity (Wildman–Crippen MR) is 120 cm³/mol. The summed E-state index contributed by atoms with van der Waals surface area (Å²) < 4.78 is 141. The number of hydrogen-bond acceptors (Lipinski definition) is 5. The third-order valence-electron chi connectivity index (χ3n) is 5.69. The molecule has 1 aromatic carbocycles. The molecule has 2 rings (SSSR count). The molecule has 0 radical (unpaired) electrons. The van der Waals surface area contributed by atoms with Gasteiger partial charge in [0.05, 0.1) is 7.05 Å². The molecule has 204 valence electrons. The first-order chi connectivity index (χ1) is 16.1. The quantitative estimate of drug-likeness (QED) is 0.217. The van der Waals surface area contributed by atoms with Crippen LogP contribution in [-0.2, 0) is 37.7 Å². The normalized spacial score (nSPS) is 15.6. The van der Waals surface area contributed by atoms with Gasteiger partial charge in [-0.2, -0.15) is 26.3 Å². The molecular weight excluding hydrogens is 557 g/mol. The smallest absolute Gasteiger partial charge is 0.318 e. The number of nitrogens with one attached hydrogen (secondary N) is 1. The van der Waals surface area contributed by atoms with E-state index in [-0.39, 0.29) is 30.0 Å². The number of alkyl halides is 6. The van der Waals surface area contributed by atoms with E-state index in [9.17, 15) is 47.7 Å². The van der Waals surface area contributed by atoms with Crippen LogP contribution in [0, 0.1) is 0 Å². The Morgan fingerprint density at radius 3 is 1.81 bits per heavy atom. The summed E-state index contributed by atoms with van der Waals surface area (Å²) in [5, 5.41) is -4.19. The summed E-state index contributed by atoms with van der Waals surface area (Å²) in [6.45, 7) is 5.36. The maximum atomic E-state index is 13.8. The van der Waals surface area contributed by atoms with Crippen molar-refractivity contribution in [3.05, 3.63) is 36.2 Å². The summed E-state index contributed by atoms with van der Waals surface area (Å²) in [6, 6.07) is 8.61. The highest BCUT2D eigenvalue weighted by Crippen LogP contribution is 2.57. The fourth-order valence-electron chi connectivity index (χ4n) is 3.63. The number of nitrogens with zero attached hydrogens (tertiary/aromatic N) is 1. The molecule has 36 heavy (non-hydrogen) atoms. The van der Waals surface area contributed by atoms with Crippen LogP contribution in [0.4, 0.5) is 26.3 Å². The third-order valence-corrected chi connectivity index (χ3v) is 13.1. The van der Waals surface area contributed by atoms with Gasteiger partial charge in [0, 0.05) is 23.0 Å². The number of hydrogen-bond donors (Lipinski definition) is 1. The van der Waals surface area contributed by atoms with E-state index >= 15 is 0 Å². The molecule has 0 aliphatic carbocycles. The van der Waals surface area contributed by atoms with Gasteiger partial charge >= 0.3 is 30.7 Å². The Morgan fingerprint density at radius 1 is 0.861 bits per heavy atom. The molecular formula is C20H26F6N2O5PS2+. The van der Waals surface area contributed by atoms with Crippen molar-refractivity contribution >= 4 is 32.1 Å². The maximum Gasteiger partial charge on any atom is 0.505 e. The van der Waals surface area contributed by atoms with E-state index in [0.29, 0.717) is 5.30 Å². The average molecular weight is 584 g/mol. The second kappa shape index (κ2) is 9.79. The molecule has 7 nitrogen and oxygen atoms in total. The van der Waals surface area contributed by atoms with Crippen molar-refractivity contribution in [2.24, 2.45) is 7.05 Å². The Balaban J connectivity index is 2.44. The van der Waals surface area contributed by atoms with Gasteiger partial charge < -0.3 is 4.57 Å². The summed E-state index contributed by atoms with van der Waals surface area (Å²) in [5.74, 6) is -0.481. The van der Waals surface area contributed by atoms with Crippen molar-refractivity contribution in [1.29, 1.82) is 0 Å². The molecule has 1 N–H and O–H groups in total. The van der Waals surface area contributed by atoms with Crippen molar-refractivity contribution in [1.82, 2.24) is 4.98 Å². The number of aromatic amines is 1. The van der Waals surface area contributed by atoms with Crippen LogP contribution < -0.4 is 9.87 Å². The topological polar surface area (TPSA) is 105 Å². The van der Waals surface area contributed by atoms with Gasteiger partial charge in [0.15, 0.2) is 0 Å². The van der Waals surface area contributed by atoms with Crippen molar-refractivity contribution in [2.75, 3.05) is 6.16 Å². The van der Waals surface area contributed by atoms with Gasteiger partial charge in [0.2, 0.25) is 0 Å². The van der Waals surface area contributed by atoms with Crippen LogP contribution in [0.1, 0.15) is 39.4 Å². The second-order valence-electron chi connectivity index (χ2n) is 9.09. The first-order valence-corrected chi connectivity index (χ1v) is 15.3. The molecule has 1 unspecified atom stereocenters. The first-order valence-electron chi connectivity index (χ1n) is 10.5. The molecule has 0 aliphatic rings. The fourth-order valence-corrected chi connectivity index (χ4v) is 9.15. The van der Waals surface area contributed by atoms with Gasteiger partial charge in [0.1, 0.15) is 7.14 Å². The van der Waals surface area contributed by atoms with Crippen LogP contribution in [0.2, 0.25) is 0 Å². The molecule has 1 aromatic heterocycles. The van der Waals surface area contributed by atoms with Gasteiger partial charge in [0.25, 0.3) is 15.9 Å². The SMILES string of the molecule is C[n+]1c(CCCCP(=O)(c2ccccc2)C(C)(C)C)[nH]c(S(=O)(=O)C(F)(F)F)c1S(=O)(=O)C(F)(F)F. The molecule has 1 heterocycles. The van der Waals surface area contributed by atoms with Crippen LogP contribution in [0.25, 0.3) is 0 Å². The molecule has 0 aliphatic heterocycles. The largest absolute Gasteiger partial charge is 0.505 e. The van der Waals surface area contributed by atoms with Gasteiger partial charge in [-0.25, -0.2) is 26.4 Å². The predicted octanol–water partition coefficient (Wildman–Crippen LogP) is 4.24. The third kappa shape index (κ3) is 5.52. The molecule has 0 saturated heterocycles. The van der Waals surface area contributed by atoms with Gasteiger partial charge in [-0.05, 0) is 12.8 Å². The Kier molecular flexibility index (Phi) is 8.26. The van der Waals surface area contributed by atoms with Gasteiger partial charge in [-0.15, -0.1) is 0 Å². The minimum absolute atomic E-state index is 0.0677. The molecule has 0 bridgehead atoms. The van der Waals surface area contributed by atoms with E-state index in [0.717, 1.165) is 7.05 Å². The number of aromatic nitrogens is 2. The van der Waals surface area contributed by atoms with E-state index in [1.807, 2.05) is 0 Å².